The molecule has 1 N–H and O–H groups in total. The minimum absolute atomic E-state index is 0.107. The number of hydrogen-bond acceptors (Lipinski definition) is 4. The predicted molar refractivity (Wildman–Crippen MR) is 92.0 cm³/mol. The van der Waals surface area contributed by atoms with Gasteiger partial charge in [-0.15, -0.1) is 0 Å². The molecule has 0 radical (unpaired) electrons. The SMILES string of the molecule is COc1cc2c(cc1OC)CCN(C(=O)[C@@H]1CC[C@H](C(=O)O)C1)CC2. The standard InChI is InChI=1S/C19H25NO5/c1-24-16-10-12-5-7-20(8-6-13(12)11-17(16)25-2)18(21)14-3-4-15(9-14)19(22)23/h10-11,14-15H,3-9H2,1-2H3,(H,22,23)/t14-,15+/m1/s1. The van der Waals surface area contributed by atoms with Gasteiger partial charge in [-0.2, -0.15) is 0 Å². The number of carboxylic acid groups (broad SMARTS) is 1. The third-order valence-corrected chi connectivity index (χ3v) is 5.45. The maximum Gasteiger partial charge on any atom is 0.306 e. The van der Waals surface area contributed by atoms with Gasteiger partial charge in [0.25, 0.3) is 0 Å². The number of fused-ring (bicyclic) bond motifs is 1. The molecule has 1 aromatic carbocycles. The van der Waals surface area contributed by atoms with Crippen LogP contribution in [0.4, 0.5) is 0 Å². The molecule has 0 saturated heterocycles. The first-order chi connectivity index (χ1) is 12.0. The molecule has 1 aliphatic heterocycles. The van der Waals surface area contributed by atoms with Crippen LogP contribution in [-0.4, -0.2) is 49.2 Å². The first-order valence-electron chi connectivity index (χ1n) is 8.78. The van der Waals surface area contributed by atoms with Crippen LogP contribution in [0.1, 0.15) is 30.4 Å². The van der Waals surface area contributed by atoms with E-state index in [0.29, 0.717) is 43.9 Å². The van der Waals surface area contributed by atoms with E-state index in [1.54, 1.807) is 14.2 Å². The lowest BCUT2D eigenvalue weighted by Gasteiger charge is -2.23. The number of methoxy groups -OCH3 is 2. The first-order valence-corrected chi connectivity index (χ1v) is 8.78. The smallest absolute Gasteiger partial charge is 0.306 e. The summed E-state index contributed by atoms with van der Waals surface area (Å²) in [5, 5.41) is 9.14. The Balaban J connectivity index is 1.69. The Labute approximate surface area is 147 Å². The molecule has 2 atom stereocenters. The molecular weight excluding hydrogens is 322 g/mol. The van der Waals surface area contributed by atoms with Gasteiger partial charge in [0.1, 0.15) is 0 Å². The van der Waals surface area contributed by atoms with Crippen LogP contribution in [0.25, 0.3) is 0 Å². The van der Waals surface area contributed by atoms with Crippen molar-refractivity contribution in [3.63, 3.8) is 0 Å². The molecule has 1 aromatic rings. The monoisotopic (exact) mass is 347 g/mol. The van der Waals surface area contributed by atoms with Gasteiger partial charge in [-0.25, -0.2) is 0 Å². The van der Waals surface area contributed by atoms with Crippen molar-refractivity contribution in [1.29, 1.82) is 0 Å². The Kier molecular flexibility index (Phi) is 5.16. The van der Waals surface area contributed by atoms with Crippen LogP contribution in [0.15, 0.2) is 12.1 Å². The Morgan fingerprint density at radius 2 is 1.52 bits per heavy atom. The summed E-state index contributed by atoms with van der Waals surface area (Å²) in [4.78, 5) is 25.8. The highest BCUT2D eigenvalue weighted by molar-refractivity contribution is 5.81. The second kappa shape index (κ2) is 7.33. The van der Waals surface area contributed by atoms with E-state index in [1.807, 2.05) is 17.0 Å². The van der Waals surface area contributed by atoms with E-state index >= 15 is 0 Å². The Hall–Kier alpha value is -2.24. The molecule has 0 unspecified atom stereocenters. The van der Waals surface area contributed by atoms with Crippen molar-refractivity contribution in [2.75, 3.05) is 27.3 Å². The van der Waals surface area contributed by atoms with Crippen molar-refractivity contribution in [1.82, 2.24) is 4.90 Å². The van der Waals surface area contributed by atoms with Crippen molar-refractivity contribution in [3.8, 4) is 11.5 Å². The van der Waals surface area contributed by atoms with E-state index in [9.17, 15) is 9.59 Å². The van der Waals surface area contributed by atoms with E-state index in [4.69, 9.17) is 14.6 Å². The largest absolute Gasteiger partial charge is 0.493 e. The zero-order valence-corrected chi connectivity index (χ0v) is 14.8. The molecular formula is C19H25NO5. The number of nitrogens with zero attached hydrogens (tertiary/aromatic N) is 1. The summed E-state index contributed by atoms with van der Waals surface area (Å²) in [5.41, 5.74) is 2.37. The van der Waals surface area contributed by atoms with Crippen molar-refractivity contribution in [2.45, 2.75) is 32.1 Å². The molecule has 0 bridgehead atoms. The van der Waals surface area contributed by atoms with Gasteiger partial charge in [0.05, 0.1) is 20.1 Å². The average molecular weight is 347 g/mol. The third-order valence-electron chi connectivity index (χ3n) is 5.45. The van der Waals surface area contributed by atoms with Crippen LogP contribution >= 0.6 is 0 Å². The molecule has 1 aliphatic carbocycles. The minimum Gasteiger partial charge on any atom is -0.493 e. The van der Waals surface area contributed by atoms with Gasteiger partial charge >= 0.3 is 5.97 Å². The molecule has 6 nitrogen and oxygen atoms in total. The third kappa shape index (κ3) is 3.57. The Morgan fingerprint density at radius 3 is 1.96 bits per heavy atom. The van der Waals surface area contributed by atoms with Gasteiger partial charge in [0.15, 0.2) is 11.5 Å². The maximum atomic E-state index is 12.8. The Bertz CT molecular complexity index is 637. The summed E-state index contributed by atoms with van der Waals surface area (Å²) in [6.45, 7) is 1.32. The lowest BCUT2D eigenvalue weighted by Crippen LogP contribution is -2.37. The van der Waals surface area contributed by atoms with Crippen LogP contribution < -0.4 is 9.47 Å². The topological polar surface area (TPSA) is 76.1 Å². The van der Waals surface area contributed by atoms with Crippen LogP contribution in [0, 0.1) is 11.8 Å². The van der Waals surface area contributed by atoms with Crippen molar-refractivity contribution in [2.24, 2.45) is 11.8 Å². The van der Waals surface area contributed by atoms with Gasteiger partial charge in [0.2, 0.25) is 5.91 Å². The van der Waals surface area contributed by atoms with E-state index in [1.165, 1.54) is 11.1 Å². The van der Waals surface area contributed by atoms with Gasteiger partial charge in [-0.1, -0.05) is 0 Å². The summed E-state index contributed by atoms with van der Waals surface area (Å²) in [5.74, 6) is 0.230. The summed E-state index contributed by atoms with van der Waals surface area (Å²) in [6, 6.07) is 4.00. The molecule has 2 aliphatic rings. The number of carboxylic acids is 1. The zero-order valence-electron chi connectivity index (χ0n) is 14.8. The van der Waals surface area contributed by atoms with Crippen LogP contribution in [-0.2, 0) is 22.4 Å². The van der Waals surface area contributed by atoms with Crippen molar-refractivity contribution in [3.05, 3.63) is 23.3 Å². The predicted octanol–water partition coefficient (Wildman–Crippen LogP) is 2.13. The Morgan fingerprint density at radius 1 is 1.00 bits per heavy atom. The molecule has 1 heterocycles. The lowest BCUT2D eigenvalue weighted by molar-refractivity contribution is -0.141. The normalized spacial score (nSPS) is 22.9. The van der Waals surface area contributed by atoms with Crippen LogP contribution in [0.3, 0.4) is 0 Å². The lowest BCUT2D eigenvalue weighted by atomic mass is 10.0. The fraction of sp³-hybridized carbons (Fsp3) is 0.579. The number of rotatable bonds is 4. The van der Waals surface area contributed by atoms with E-state index in [-0.39, 0.29) is 17.7 Å². The van der Waals surface area contributed by atoms with Crippen molar-refractivity contribution >= 4 is 11.9 Å². The van der Waals surface area contributed by atoms with Crippen LogP contribution in [0.2, 0.25) is 0 Å². The molecule has 136 valence electrons. The van der Waals surface area contributed by atoms with E-state index < -0.39 is 5.97 Å². The molecule has 1 fully saturated rings. The summed E-state index contributed by atoms with van der Waals surface area (Å²) in [6.07, 6.45) is 3.31. The number of amides is 1. The summed E-state index contributed by atoms with van der Waals surface area (Å²) < 4.78 is 10.7. The molecule has 0 spiro atoms. The highest BCUT2D eigenvalue weighted by Gasteiger charge is 2.36. The van der Waals surface area contributed by atoms with Gasteiger partial charge in [-0.05, 0) is 55.4 Å². The summed E-state index contributed by atoms with van der Waals surface area (Å²) >= 11 is 0. The molecule has 1 saturated carbocycles. The van der Waals surface area contributed by atoms with E-state index in [0.717, 1.165) is 12.8 Å². The molecule has 6 heteroatoms. The summed E-state index contributed by atoms with van der Waals surface area (Å²) in [7, 11) is 3.24. The number of hydrogen-bond donors (Lipinski definition) is 1. The number of ether oxygens (including phenoxy) is 2. The molecule has 25 heavy (non-hydrogen) atoms. The number of benzene rings is 1. The number of carbonyl (C=O) groups excluding carboxylic acids is 1. The minimum atomic E-state index is -0.780. The second-order valence-corrected chi connectivity index (χ2v) is 6.85. The maximum absolute atomic E-state index is 12.8. The van der Waals surface area contributed by atoms with Crippen molar-refractivity contribution < 1.29 is 24.2 Å². The van der Waals surface area contributed by atoms with Gasteiger partial charge in [0, 0.05) is 19.0 Å². The molecule has 1 amide bonds. The number of aliphatic carboxylic acids is 1. The zero-order chi connectivity index (χ0) is 18.0. The van der Waals surface area contributed by atoms with Crippen LogP contribution in [0.5, 0.6) is 11.5 Å². The highest BCUT2D eigenvalue weighted by atomic mass is 16.5. The van der Waals surface area contributed by atoms with Gasteiger partial charge in [-0.3, -0.25) is 9.59 Å². The molecule has 0 aromatic heterocycles. The number of carbonyl (C=O) groups is 2. The fourth-order valence-electron chi connectivity index (χ4n) is 3.96. The molecule has 3 rings (SSSR count). The quantitative estimate of drug-likeness (QED) is 0.903. The average Bonchev–Trinajstić information content (AvgIpc) is 3.02. The fourth-order valence-corrected chi connectivity index (χ4v) is 3.96. The van der Waals surface area contributed by atoms with E-state index in [2.05, 4.69) is 0 Å². The van der Waals surface area contributed by atoms with Gasteiger partial charge < -0.3 is 19.5 Å². The highest BCUT2D eigenvalue weighted by Crippen LogP contribution is 2.34. The first kappa shape index (κ1) is 17.6. The second-order valence-electron chi connectivity index (χ2n) is 6.85.